The summed E-state index contributed by atoms with van der Waals surface area (Å²) in [4.78, 5) is 11.7. The van der Waals surface area contributed by atoms with E-state index < -0.39 is 0 Å². The molecular formula is C16H24N2O3. The Bertz CT molecular complexity index is 488. The highest BCUT2D eigenvalue weighted by molar-refractivity contribution is 5.76. The van der Waals surface area contributed by atoms with Crippen LogP contribution in [0.3, 0.4) is 0 Å². The van der Waals surface area contributed by atoms with E-state index in [0.717, 1.165) is 23.5 Å². The van der Waals surface area contributed by atoms with Crippen molar-refractivity contribution in [2.24, 2.45) is 11.7 Å². The highest BCUT2D eigenvalue weighted by Gasteiger charge is 2.13. The van der Waals surface area contributed by atoms with Crippen LogP contribution >= 0.6 is 0 Å². The summed E-state index contributed by atoms with van der Waals surface area (Å²) in [6.07, 6.45) is 1.14. The van der Waals surface area contributed by atoms with E-state index in [2.05, 4.69) is 5.32 Å². The maximum Gasteiger partial charge on any atom is 0.221 e. The molecule has 1 heterocycles. The Morgan fingerprint density at radius 3 is 2.71 bits per heavy atom. The van der Waals surface area contributed by atoms with Crippen LogP contribution in [0.5, 0.6) is 11.5 Å². The Hall–Kier alpha value is -1.75. The first kappa shape index (κ1) is 15.6. The van der Waals surface area contributed by atoms with Gasteiger partial charge >= 0.3 is 0 Å². The minimum absolute atomic E-state index is 0.00810. The molecule has 1 aliphatic rings. The van der Waals surface area contributed by atoms with Crippen molar-refractivity contribution in [3.63, 3.8) is 0 Å². The van der Waals surface area contributed by atoms with Gasteiger partial charge in [0.1, 0.15) is 13.2 Å². The standard InChI is InChI=1S/C16H24N2O3/c1-11(2)13(17)10-16(19)18-6-5-12-3-4-14-15(9-12)21-8-7-20-14/h3-4,9,11,13H,5-8,10,17H2,1-2H3,(H,18,19). The third-order valence-electron chi connectivity index (χ3n) is 3.62. The van der Waals surface area contributed by atoms with Crippen molar-refractivity contribution in [3.8, 4) is 11.5 Å². The number of nitrogens with two attached hydrogens (primary N) is 1. The van der Waals surface area contributed by atoms with Crippen molar-refractivity contribution in [1.82, 2.24) is 5.32 Å². The monoisotopic (exact) mass is 292 g/mol. The van der Waals surface area contributed by atoms with Crippen LogP contribution in [0.1, 0.15) is 25.8 Å². The Morgan fingerprint density at radius 1 is 1.29 bits per heavy atom. The van der Waals surface area contributed by atoms with Crippen molar-refractivity contribution >= 4 is 5.91 Å². The number of hydrogen-bond acceptors (Lipinski definition) is 4. The SMILES string of the molecule is CC(C)C(N)CC(=O)NCCc1ccc2c(c1)OCCO2. The molecule has 0 bridgehead atoms. The van der Waals surface area contributed by atoms with E-state index in [4.69, 9.17) is 15.2 Å². The van der Waals surface area contributed by atoms with Gasteiger partial charge in [0.2, 0.25) is 5.91 Å². The number of fused-ring (bicyclic) bond motifs is 1. The molecule has 1 aromatic carbocycles. The minimum Gasteiger partial charge on any atom is -0.486 e. The number of carbonyl (C=O) groups is 1. The lowest BCUT2D eigenvalue weighted by atomic mass is 10.0. The number of hydrogen-bond donors (Lipinski definition) is 2. The summed E-state index contributed by atoms with van der Waals surface area (Å²) >= 11 is 0. The van der Waals surface area contributed by atoms with Gasteiger partial charge in [-0.05, 0) is 30.0 Å². The zero-order valence-electron chi connectivity index (χ0n) is 12.7. The molecule has 1 unspecified atom stereocenters. The predicted molar refractivity (Wildman–Crippen MR) is 81.6 cm³/mol. The molecule has 5 heteroatoms. The van der Waals surface area contributed by atoms with Crippen LogP contribution in [0.25, 0.3) is 0 Å². The number of benzene rings is 1. The lowest BCUT2D eigenvalue weighted by molar-refractivity contribution is -0.121. The average Bonchev–Trinajstić information content (AvgIpc) is 2.47. The molecule has 1 amide bonds. The third-order valence-corrected chi connectivity index (χ3v) is 3.62. The summed E-state index contributed by atoms with van der Waals surface area (Å²) < 4.78 is 11.0. The number of amides is 1. The molecule has 0 saturated carbocycles. The van der Waals surface area contributed by atoms with E-state index >= 15 is 0 Å². The third kappa shape index (κ3) is 4.63. The van der Waals surface area contributed by atoms with Gasteiger partial charge in [-0.2, -0.15) is 0 Å². The van der Waals surface area contributed by atoms with Crippen LogP contribution in [-0.4, -0.2) is 31.7 Å². The van der Waals surface area contributed by atoms with Crippen molar-refractivity contribution in [1.29, 1.82) is 0 Å². The molecule has 1 aliphatic heterocycles. The number of carbonyl (C=O) groups excluding carboxylic acids is 1. The number of nitrogens with one attached hydrogen (secondary N) is 1. The molecule has 0 aliphatic carbocycles. The molecule has 3 N–H and O–H groups in total. The zero-order chi connectivity index (χ0) is 15.2. The molecule has 1 aromatic rings. The van der Waals surface area contributed by atoms with E-state index in [0.29, 0.717) is 32.1 Å². The molecule has 116 valence electrons. The van der Waals surface area contributed by atoms with E-state index in [1.54, 1.807) is 0 Å². The highest BCUT2D eigenvalue weighted by Crippen LogP contribution is 2.30. The lowest BCUT2D eigenvalue weighted by Crippen LogP contribution is -2.35. The van der Waals surface area contributed by atoms with E-state index in [1.807, 2.05) is 32.0 Å². The second-order valence-electron chi connectivity index (χ2n) is 5.69. The van der Waals surface area contributed by atoms with Crippen molar-refractivity contribution < 1.29 is 14.3 Å². The van der Waals surface area contributed by atoms with Crippen molar-refractivity contribution in [2.75, 3.05) is 19.8 Å². The smallest absolute Gasteiger partial charge is 0.221 e. The van der Waals surface area contributed by atoms with Crippen LogP contribution in [0.15, 0.2) is 18.2 Å². The second-order valence-corrected chi connectivity index (χ2v) is 5.69. The highest BCUT2D eigenvalue weighted by atomic mass is 16.6. The molecule has 2 rings (SSSR count). The van der Waals surface area contributed by atoms with Gasteiger partial charge in [0.15, 0.2) is 11.5 Å². The zero-order valence-corrected chi connectivity index (χ0v) is 12.7. The molecule has 21 heavy (non-hydrogen) atoms. The Labute approximate surface area is 125 Å². The van der Waals surface area contributed by atoms with Crippen LogP contribution in [0, 0.1) is 5.92 Å². The first-order valence-electron chi connectivity index (χ1n) is 7.47. The maximum atomic E-state index is 11.7. The van der Waals surface area contributed by atoms with Gasteiger partial charge in [-0.3, -0.25) is 4.79 Å². The summed E-state index contributed by atoms with van der Waals surface area (Å²) in [6.45, 7) is 5.82. The number of rotatable bonds is 6. The molecule has 1 atom stereocenters. The van der Waals surface area contributed by atoms with Gasteiger partial charge in [0, 0.05) is 19.0 Å². The normalized spacial score (nSPS) is 14.9. The first-order chi connectivity index (χ1) is 10.1. The quantitative estimate of drug-likeness (QED) is 0.833. The molecule has 5 nitrogen and oxygen atoms in total. The second kappa shape index (κ2) is 7.31. The van der Waals surface area contributed by atoms with Crippen LogP contribution in [0.2, 0.25) is 0 Å². The molecule has 0 aromatic heterocycles. The lowest BCUT2D eigenvalue weighted by Gasteiger charge is -2.19. The Kier molecular flexibility index (Phi) is 5.44. The maximum absolute atomic E-state index is 11.7. The summed E-state index contributed by atoms with van der Waals surface area (Å²) in [5.74, 6) is 1.89. The topological polar surface area (TPSA) is 73.6 Å². The van der Waals surface area contributed by atoms with Crippen LogP contribution in [-0.2, 0) is 11.2 Å². The van der Waals surface area contributed by atoms with E-state index in [1.165, 1.54) is 0 Å². The van der Waals surface area contributed by atoms with Crippen molar-refractivity contribution in [3.05, 3.63) is 23.8 Å². The summed E-state index contributed by atoms with van der Waals surface area (Å²) in [5.41, 5.74) is 7.00. The van der Waals surface area contributed by atoms with Gasteiger partial charge in [-0.15, -0.1) is 0 Å². The first-order valence-corrected chi connectivity index (χ1v) is 7.47. The molecule has 0 fully saturated rings. The molecular weight excluding hydrogens is 268 g/mol. The van der Waals surface area contributed by atoms with Crippen molar-refractivity contribution in [2.45, 2.75) is 32.7 Å². The van der Waals surface area contributed by atoms with Gasteiger partial charge < -0.3 is 20.5 Å². The van der Waals surface area contributed by atoms with Gasteiger partial charge in [-0.25, -0.2) is 0 Å². The Morgan fingerprint density at radius 2 is 2.00 bits per heavy atom. The number of ether oxygens (including phenoxy) is 2. The fourth-order valence-electron chi connectivity index (χ4n) is 2.11. The fourth-order valence-corrected chi connectivity index (χ4v) is 2.11. The average molecular weight is 292 g/mol. The van der Waals surface area contributed by atoms with Gasteiger partial charge in [0.25, 0.3) is 0 Å². The molecule has 0 saturated heterocycles. The molecule has 0 spiro atoms. The fraction of sp³-hybridized carbons (Fsp3) is 0.562. The van der Waals surface area contributed by atoms with Gasteiger partial charge in [0.05, 0.1) is 0 Å². The van der Waals surface area contributed by atoms with Crippen LogP contribution in [0.4, 0.5) is 0 Å². The largest absolute Gasteiger partial charge is 0.486 e. The summed E-state index contributed by atoms with van der Waals surface area (Å²) in [7, 11) is 0. The van der Waals surface area contributed by atoms with E-state index in [9.17, 15) is 4.79 Å². The Balaban J connectivity index is 1.77. The minimum atomic E-state index is -0.0840. The van der Waals surface area contributed by atoms with Gasteiger partial charge in [-0.1, -0.05) is 19.9 Å². The van der Waals surface area contributed by atoms with Crippen LogP contribution < -0.4 is 20.5 Å². The molecule has 0 radical (unpaired) electrons. The summed E-state index contributed by atoms with van der Waals surface area (Å²) in [5, 5.41) is 2.91. The van der Waals surface area contributed by atoms with E-state index in [-0.39, 0.29) is 11.9 Å². The predicted octanol–water partition coefficient (Wildman–Crippen LogP) is 1.49. The summed E-state index contributed by atoms with van der Waals surface area (Å²) in [6, 6.07) is 5.81.